The molecule has 152 valence electrons. The van der Waals surface area contributed by atoms with Crippen molar-refractivity contribution in [3.8, 4) is 5.75 Å². The predicted molar refractivity (Wildman–Crippen MR) is 104 cm³/mol. The Morgan fingerprint density at radius 3 is 2.48 bits per heavy atom. The number of carbonyl (C=O) groups excluding carboxylic acids is 3. The summed E-state index contributed by atoms with van der Waals surface area (Å²) < 4.78 is 10.1. The molecular formula is C20H20N2O7. The summed E-state index contributed by atoms with van der Waals surface area (Å²) in [4.78, 5) is 47.0. The lowest BCUT2D eigenvalue weighted by molar-refractivity contribution is -0.386. The van der Waals surface area contributed by atoms with Gasteiger partial charge in [-0.25, -0.2) is 0 Å². The number of hydrogen-bond acceptors (Lipinski definition) is 7. The number of methoxy groups -OCH3 is 1. The first-order valence-electron chi connectivity index (χ1n) is 8.75. The number of aldehydes is 1. The van der Waals surface area contributed by atoms with Gasteiger partial charge in [0.1, 0.15) is 6.54 Å². The molecule has 0 aliphatic heterocycles. The van der Waals surface area contributed by atoms with Gasteiger partial charge in [0.15, 0.2) is 12.0 Å². The largest absolute Gasteiger partial charge is 0.487 e. The van der Waals surface area contributed by atoms with Crippen LogP contribution in [-0.4, -0.2) is 43.3 Å². The number of ether oxygens (including phenoxy) is 2. The van der Waals surface area contributed by atoms with Crippen molar-refractivity contribution in [3.63, 3.8) is 0 Å². The Kier molecular flexibility index (Phi) is 7.84. The topological polar surface area (TPSA) is 116 Å². The zero-order valence-electron chi connectivity index (χ0n) is 15.8. The van der Waals surface area contributed by atoms with E-state index in [4.69, 9.17) is 4.74 Å². The number of nitro groups is 1. The molecule has 2 aromatic rings. The lowest BCUT2D eigenvalue weighted by Crippen LogP contribution is -2.36. The maximum absolute atomic E-state index is 12.6. The number of carbonyl (C=O) groups is 3. The van der Waals surface area contributed by atoms with E-state index in [1.807, 2.05) is 0 Å². The first-order valence-corrected chi connectivity index (χ1v) is 8.75. The molecule has 0 fully saturated rings. The molecule has 0 bridgehead atoms. The lowest BCUT2D eigenvalue weighted by Gasteiger charge is -2.21. The Bertz CT molecular complexity index is 884. The van der Waals surface area contributed by atoms with Crippen molar-refractivity contribution in [1.29, 1.82) is 0 Å². The second kappa shape index (κ2) is 10.5. The number of para-hydroxylation sites is 2. The van der Waals surface area contributed by atoms with Crippen LogP contribution in [0.4, 0.5) is 11.4 Å². The molecular weight excluding hydrogens is 380 g/mol. The summed E-state index contributed by atoms with van der Waals surface area (Å²) in [7, 11) is 1.24. The number of nitro benzene ring substituents is 1. The van der Waals surface area contributed by atoms with Crippen LogP contribution < -0.4 is 9.64 Å². The second-order valence-electron chi connectivity index (χ2n) is 5.91. The molecule has 9 heteroatoms. The molecule has 1 amide bonds. The molecule has 0 N–H and O–H groups in total. The minimum atomic E-state index is -0.683. The molecule has 0 heterocycles. The molecule has 0 atom stereocenters. The van der Waals surface area contributed by atoms with Crippen LogP contribution in [0.2, 0.25) is 0 Å². The van der Waals surface area contributed by atoms with Crippen molar-refractivity contribution >= 4 is 29.5 Å². The van der Waals surface area contributed by atoms with Gasteiger partial charge in [-0.15, -0.1) is 0 Å². The number of nitrogens with zero attached hydrogens (tertiary/aromatic N) is 2. The molecule has 0 unspecified atom stereocenters. The third-order valence-electron chi connectivity index (χ3n) is 4.02. The monoisotopic (exact) mass is 400 g/mol. The van der Waals surface area contributed by atoms with E-state index in [9.17, 15) is 24.5 Å². The van der Waals surface area contributed by atoms with Gasteiger partial charge < -0.3 is 14.4 Å². The minimum absolute atomic E-state index is 0.0236. The van der Waals surface area contributed by atoms with E-state index in [1.165, 1.54) is 30.2 Å². The van der Waals surface area contributed by atoms with E-state index < -0.39 is 16.6 Å². The maximum atomic E-state index is 12.6. The Morgan fingerprint density at radius 1 is 1.14 bits per heavy atom. The fraction of sp³-hybridized carbons (Fsp3) is 0.250. The molecule has 2 rings (SSSR count). The molecule has 0 saturated heterocycles. The normalized spacial score (nSPS) is 10.1. The van der Waals surface area contributed by atoms with Crippen molar-refractivity contribution < 1.29 is 28.8 Å². The Hall–Kier alpha value is -3.75. The van der Waals surface area contributed by atoms with Crippen molar-refractivity contribution in [2.75, 3.05) is 25.2 Å². The van der Waals surface area contributed by atoms with E-state index in [2.05, 4.69) is 4.74 Å². The van der Waals surface area contributed by atoms with Crippen LogP contribution in [0.25, 0.3) is 0 Å². The fourth-order valence-corrected chi connectivity index (χ4v) is 2.61. The zero-order chi connectivity index (χ0) is 21.2. The summed E-state index contributed by atoms with van der Waals surface area (Å²) in [5, 5.41) is 11.2. The highest BCUT2D eigenvalue weighted by molar-refractivity contribution is 5.97. The second-order valence-corrected chi connectivity index (χ2v) is 5.91. The third-order valence-corrected chi connectivity index (χ3v) is 4.02. The average molecular weight is 400 g/mol. The minimum Gasteiger partial charge on any atom is -0.487 e. The molecule has 9 nitrogen and oxygen atoms in total. The standard InChI is InChI=1S/C20H20N2O7/c1-28-19(25)13-21(16-8-3-2-4-9-16)18(24)11-6-12-29-17-10-5-7-15(14-23)20(17)22(26)27/h2-5,7-10,14H,6,11-13H2,1H3. The smallest absolute Gasteiger partial charge is 0.325 e. The van der Waals surface area contributed by atoms with Gasteiger partial charge in [-0.05, 0) is 30.7 Å². The number of benzene rings is 2. The van der Waals surface area contributed by atoms with Gasteiger partial charge in [0, 0.05) is 12.1 Å². The third kappa shape index (κ3) is 5.86. The van der Waals surface area contributed by atoms with E-state index in [1.54, 1.807) is 30.3 Å². The maximum Gasteiger partial charge on any atom is 0.325 e. The van der Waals surface area contributed by atoms with E-state index in [0.717, 1.165) is 0 Å². The number of anilines is 1. The first-order chi connectivity index (χ1) is 14.0. The number of hydrogen-bond donors (Lipinski definition) is 0. The summed E-state index contributed by atoms with van der Waals surface area (Å²) in [5.41, 5.74) is 0.0560. The quantitative estimate of drug-likeness (QED) is 0.198. The van der Waals surface area contributed by atoms with Gasteiger partial charge >= 0.3 is 11.7 Å². The molecule has 0 spiro atoms. The van der Waals surface area contributed by atoms with Gasteiger partial charge in [-0.1, -0.05) is 24.3 Å². The van der Waals surface area contributed by atoms with E-state index in [0.29, 0.717) is 12.0 Å². The Balaban J connectivity index is 2.00. The predicted octanol–water partition coefficient (Wildman–Crippen LogP) is 2.77. The van der Waals surface area contributed by atoms with Gasteiger partial charge in [-0.2, -0.15) is 0 Å². The van der Waals surface area contributed by atoms with Crippen LogP contribution in [0.3, 0.4) is 0 Å². The molecule has 2 aromatic carbocycles. The Morgan fingerprint density at radius 2 is 1.86 bits per heavy atom. The molecule has 0 aliphatic rings. The van der Waals surface area contributed by atoms with Crippen LogP contribution in [0.15, 0.2) is 48.5 Å². The van der Waals surface area contributed by atoms with Crippen molar-refractivity contribution in [2.45, 2.75) is 12.8 Å². The fourth-order valence-electron chi connectivity index (χ4n) is 2.61. The average Bonchev–Trinajstić information content (AvgIpc) is 2.74. The van der Waals surface area contributed by atoms with Gasteiger partial charge in [-0.3, -0.25) is 24.5 Å². The molecule has 0 radical (unpaired) electrons. The van der Waals surface area contributed by atoms with Crippen molar-refractivity contribution in [3.05, 3.63) is 64.2 Å². The summed E-state index contributed by atoms with van der Waals surface area (Å²) >= 11 is 0. The van der Waals surface area contributed by atoms with Crippen molar-refractivity contribution in [1.82, 2.24) is 0 Å². The molecule has 29 heavy (non-hydrogen) atoms. The highest BCUT2D eigenvalue weighted by atomic mass is 16.6. The zero-order valence-corrected chi connectivity index (χ0v) is 15.8. The highest BCUT2D eigenvalue weighted by Crippen LogP contribution is 2.30. The van der Waals surface area contributed by atoms with Crippen LogP contribution >= 0.6 is 0 Å². The molecule has 0 saturated carbocycles. The van der Waals surface area contributed by atoms with Crippen molar-refractivity contribution in [2.24, 2.45) is 0 Å². The number of amides is 1. The Labute approximate surface area is 167 Å². The molecule has 0 aromatic heterocycles. The number of rotatable bonds is 10. The number of esters is 1. The summed E-state index contributed by atoms with van der Waals surface area (Å²) in [5.74, 6) is -0.914. The summed E-state index contributed by atoms with van der Waals surface area (Å²) in [6, 6.07) is 12.9. The highest BCUT2D eigenvalue weighted by Gasteiger charge is 2.22. The van der Waals surface area contributed by atoms with Gasteiger partial charge in [0.05, 0.1) is 24.2 Å². The summed E-state index contributed by atoms with van der Waals surface area (Å²) in [6.45, 7) is -0.206. The SMILES string of the molecule is COC(=O)CN(C(=O)CCCOc1cccc(C=O)c1[N+](=O)[O-])c1ccccc1. The van der Waals surface area contributed by atoms with Crippen LogP contribution in [0.5, 0.6) is 5.75 Å². The first kappa shape index (κ1) is 21.5. The van der Waals surface area contributed by atoms with Crippen LogP contribution in [0, 0.1) is 10.1 Å². The van der Waals surface area contributed by atoms with Crippen LogP contribution in [-0.2, 0) is 14.3 Å². The summed E-state index contributed by atoms with van der Waals surface area (Å²) in [6.07, 6.45) is 0.692. The molecule has 0 aliphatic carbocycles. The lowest BCUT2D eigenvalue weighted by atomic mass is 10.2. The van der Waals surface area contributed by atoms with E-state index in [-0.39, 0.29) is 43.2 Å². The van der Waals surface area contributed by atoms with Gasteiger partial charge in [0.2, 0.25) is 5.91 Å². The van der Waals surface area contributed by atoms with Gasteiger partial charge in [0.25, 0.3) is 0 Å². The van der Waals surface area contributed by atoms with Crippen LogP contribution in [0.1, 0.15) is 23.2 Å². The van der Waals surface area contributed by atoms with E-state index >= 15 is 0 Å².